The molecule has 0 aliphatic heterocycles. The van der Waals surface area contributed by atoms with Crippen molar-refractivity contribution >= 4 is 16.0 Å². The van der Waals surface area contributed by atoms with Gasteiger partial charge in [-0.15, -0.1) is 0 Å². The number of hydrogen-bond acceptors (Lipinski definition) is 5. The molecule has 7 heteroatoms. The van der Waals surface area contributed by atoms with Crippen molar-refractivity contribution in [1.82, 2.24) is 0 Å². The van der Waals surface area contributed by atoms with E-state index in [4.69, 9.17) is 10.4 Å². The number of anilines is 1. The van der Waals surface area contributed by atoms with E-state index in [2.05, 4.69) is 15.2 Å². The molecule has 2 N–H and O–H groups in total. The van der Waals surface area contributed by atoms with Crippen molar-refractivity contribution in [1.29, 1.82) is 5.26 Å². The van der Waals surface area contributed by atoms with Crippen LogP contribution in [0.2, 0.25) is 0 Å². The van der Waals surface area contributed by atoms with Gasteiger partial charge in [0.25, 0.3) is 0 Å². The molecule has 120 valence electrons. The smallest absolute Gasteiger partial charge is 0.371 e. The maximum Gasteiger partial charge on any atom is 0.380 e. The molecule has 0 bridgehead atoms. The topological polar surface area (TPSA) is 96.4 Å². The van der Waals surface area contributed by atoms with Gasteiger partial charge >= 0.3 is 10.3 Å². The molecule has 0 heterocycles. The first-order chi connectivity index (χ1) is 10.9. The molecule has 0 spiro atoms. The van der Waals surface area contributed by atoms with Gasteiger partial charge in [0, 0.05) is 18.8 Å². The minimum Gasteiger partial charge on any atom is -0.371 e. The van der Waals surface area contributed by atoms with Crippen LogP contribution in [0.3, 0.4) is 0 Å². The van der Waals surface area contributed by atoms with Gasteiger partial charge in [0.1, 0.15) is 5.75 Å². The van der Waals surface area contributed by atoms with Gasteiger partial charge in [0.05, 0.1) is 11.6 Å². The Kier molecular flexibility index (Phi) is 5.21. The van der Waals surface area contributed by atoms with Crippen LogP contribution in [-0.2, 0) is 16.8 Å². The number of nitrogens with zero attached hydrogens (tertiary/aromatic N) is 2. The lowest BCUT2D eigenvalue weighted by molar-refractivity contribution is 0.487. The monoisotopic (exact) mass is 331 g/mol. The molecule has 0 radical (unpaired) electrons. The number of hydrogen-bond donors (Lipinski definition) is 1. The van der Waals surface area contributed by atoms with Crippen molar-refractivity contribution in [2.45, 2.75) is 13.5 Å². The number of benzene rings is 2. The second-order valence-electron chi connectivity index (χ2n) is 4.89. The SMILES string of the molecule is CCN(Cc1ccc(OS(N)(=O)=O)cc1)c1ccc(C#N)cc1. The highest BCUT2D eigenvalue weighted by molar-refractivity contribution is 7.84. The Morgan fingerprint density at radius 1 is 1.13 bits per heavy atom. The fraction of sp³-hybridized carbons (Fsp3) is 0.188. The summed E-state index contributed by atoms with van der Waals surface area (Å²) in [7, 11) is -4.00. The highest BCUT2D eigenvalue weighted by Gasteiger charge is 2.08. The normalized spacial score (nSPS) is 10.8. The molecule has 0 aliphatic rings. The standard InChI is InChI=1S/C16H17N3O3S/c1-2-19(15-7-3-13(11-17)4-8-15)12-14-5-9-16(10-6-14)22-23(18,20)21/h3-10H,2,12H2,1H3,(H2,18,20,21). The van der Waals surface area contributed by atoms with E-state index in [-0.39, 0.29) is 5.75 Å². The zero-order chi connectivity index (χ0) is 16.9. The molecule has 2 aromatic rings. The van der Waals surface area contributed by atoms with Crippen molar-refractivity contribution in [2.24, 2.45) is 5.14 Å². The molecule has 2 aromatic carbocycles. The van der Waals surface area contributed by atoms with Crippen LogP contribution in [0.1, 0.15) is 18.1 Å². The van der Waals surface area contributed by atoms with Crippen LogP contribution in [-0.4, -0.2) is 15.0 Å². The molecule has 0 aromatic heterocycles. The first kappa shape index (κ1) is 16.8. The molecular formula is C16H17N3O3S. The van der Waals surface area contributed by atoms with Gasteiger partial charge in [0.2, 0.25) is 0 Å². The maximum atomic E-state index is 10.9. The van der Waals surface area contributed by atoms with E-state index in [0.717, 1.165) is 17.8 Å². The summed E-state index contributed by atoms with van der Waals surface area (Å²) >= 11 is 0. The third-order valence-electron chi connectivity index (χ3n) is 3.25. The van der Waals surface area contributed by atoms with Crippen LogP contribution in [0.15, 0.2) is 48.5 Å². The van der Waals surface area contributed by atoms with Crippen molar-refractivity contribution in [3.63, 3.8) is 0 Å². The summed E-state index contributed by atoms with van der Waals surface area (Å²) in [5, 5.41) is 13.7. The van der Waals surface area contributed by atoms with Gasteiger partial charge in [-0.3, -0.25) is 0 Å². The van der Waals surface area contributed by atoms with E-state index < -0.39 is 10.3 Å². The Balaban J connectivity index is 2.10. The Morgan fingerprint density at radius 2 is 1.74 bits per heavy atom. The van der Waals surface area contributed by atoms with Crippen LogP contribution >= 0.6 is 0 Å². The molecule has 0 atom stereocenters. The van der Waals surface area contributed by atoms with Crippen molar-refractivity contribution in [3.05, 3.63) is 59.7 Å². The lowest BCUT2D eigenvalue weighted by atomic mass is 10.1. The molecule has 2 rings (SSSR count). The maximum absolute atomic E-state index is 10.9. The van der Waals surface area contributed by atoms with Gasteiger partial charge in [-0.1, -0.05) is 12.1 Å². The van der Waals surface area contributed by atoms with Crippen LogP contribution < -0.4 is 14.2 Å². The van der Waals surface area contributed by atoms with E-state index in [9.17, 15) is 8.42 Å². The first-order valence-corrected chi connectivity index (χ1v) is 8.44. The van der Waals surface area contributed by atoms with Crippen LogP contribution in [0, 0.1) is 11.3 Å². The average molecular weight is 331 g/mol. The molecule has 6 nitrogen and oxygen atoms in total. The Labute approximate surface area is 136 Å². The van der Waals surface area contributed by atoms with Gasteiger partial charge in [-0.05, 0) is 48.9 Å². The summed E-state index contributed by atoms with van der Waals surface area (Å²) in [6.07, 6.45) is 0. The minimum atomic E-state index is -4.00. The Bertz CT molecular complexity index is 794. The lowest BCUT2D eigenvalue weighted by Gasteiger charge is -2.23. The number of nitrogens with two attached hydrogens (primary N) is 1. The van der Waals surface area contributed by atoms with Crippen molar-refractivity contribution < 1.29 is 12.6 Å². The van der Waals surface area contributed by atoms with Crippen molar-refractivity contribution in [3.8, 4) is 11.8 Å². The second-order valence-corrected chi connectivity index (χ2v) is 6.05. The van der Waals surface area contributed by atoms with Crippen LogP contribution in [0.5, 0.6) is 5.75 Å². The molecule has 0 amide bonds. The van der Waals surface area contributed by atoms with E-state index >= 15 is 0 Å². The van der Waals surface area contributed by atoms with E-state index in [1.165, 1.54) is 0 Å². The fourth-order valence-corrected chi connectivity index (χ4v) is 2.52. The summed E-state index contributed by atoms with van der Waals surface area (Å²) in [4.78, 5) is 2.14. The second kappa shape index (κ2) is 7.13. The molecule has 0 saturated carbocycles. The van der Waals surface area contributed by atoms with Crippen molar-refractivity contribution in [2.75, 3.05) is 11.4 Å². The zero-order valence-electron chi connectivity index (χ0n) is 12.6. The molecule has 0 saturated heterocycles. The van der Waals surface area contributed by atoms with E-state index in [0.29, 0.717) is 12.1 Å². The van der Waals surface area contributed by atoms with Gasteiger partial charge in [-0.2, -0.15) is 18.8 Å². The van der Waals surface area contributed by atoms with Crippen LogP contribution in [0.25, 0.3) is 0 Å². The van der Waals surface area contributed by atoms with Crippen LogP contribution in [0.4, 0.5) is 5.69 Å². The molecular weight excluding hydrogens is 314 g/mol. The summed E-state index contributed by atoms with van der Waals surface area (Å²) in [5.74, 6) is 0.178. The number of rotatable bonds is 6. The van der Waals surface area contributed by atoms with Gasteiger partial charge in [0.15, 0.2) is 0 Å². The third kappa shape index (κ3) is 4.98. The zero-order valence-corrected chi connectivity index (χ0v) is 13.5. The first-order valence-electron chi connectivity index (χ1n) is 6.97. The lowest BCUT2D eigenvalue weighted by Crippen LogP contribution is -2.22. The quantitative estimate of drug-likeness (QED) is 0.875. The molecule has 23 heavy (non-hydrogen) atoms. The largest absolute Gasteiger partial charge is 0.380 e. The van der Waals surface area contributed by atoms with E-state index in [1.807, 2.05) is 19.1 Å². The summed E-state index contributed by atoms with van der Waals surface area (Å²) in [5.41, 5.74) is 2.63. The van der Waals surface area contributed by atoms with Gasteiger partial charge < -0.3 is 9.08 Å². The highest BCUT2D eigenvalue weighted by atomic mass is 32.2. The minimum absolute atomic E-state index is 0.178. The summed E-state index contributed by atoms with van der Waals surface area (Å²) in [6.45, 7) is 3.48. The highest BCUT2D eigenvalue weighted by Crippen LogP contribution is 2.19. The predicted octanol–water partition coefficient (Wildman–Crippen LogP) is 2.17. The average Bonchev–Trinajstić information content (AvgIpc) is 2.53. The fourth-order valence-electron chi connectivity index (χ4n) is 2.14. The third-order valence-corrected chi connectivity index (χ3v) is 3.68. The molecule has 0 fully saturated rings. The van der Waals surface area contributed by atoms with E-state index in [1.54, 1.807) is 36.4 Å². The van der Waals surface area contributed by atoms with Gasteiger partial charge in [-0.25, -0.2) is 0 Å². The molecule has 0 unspecified atom stereocenters. The molecule has 0 aliphatic carbocycles. The Morgan fingerprint density at radius 3 is 2.22 bits per heavy atom. The summed E-state index contributed by atoms with van der Waals surface area (Å²) < 4.78 is 26.3. The summed E-state index contributed by atoms with van der Waals surface area (Å²) in [6, 6.07) is 16.2. The predicted molar refractivity (Wildman–Crippen MR) is 88.1 cm³/mol. The number of nitriles is 1. The Hall–Kier alpha value is -2.56.